The Labute approximate surface area is 110 Å². The van der Waals surface area contributed by atoms with Gasteiger partial charge in [0.1, 0.15) is 11.9 Å². The lowest BCUT2D eigenvalue weighted by atomic mass is 9.93. The monoisotopic (exact) mass is 248 g/mol. The van der Waals surface area contributed by atoms with Gasteiger partial charge in [-0.3, -0.25) is 0 Å². The van der Waals surface area contributed by atoms with Crippen LogP contribution in [0.15, 0.2) is 24.3 Å². The smallest absolute Gasteiger partial charge is 0.123 e. The van der Waals surface area contributed by atoms with Crippen LogP contribution in [0.1, 0.15) is 19.4 Å². The van der Waals surface area contributed by atoms with Gasteiger partial charge in [-0.2, -0.15) is 0 Å². The molecule has 0 aliphatic carbocycles. The van der Waals surface area contributed by atoms with Crippen LogP contribution in [0.25, 0.3) is 0 Å². The zero-order chi connectivity index (χ0) is 13.2. The van der Waals surface area contributed by atoms with Crippen molar-refractivity contribution in [2.75, 3.05) is 26.7 Å². The summed E-state index contributed by atoms with van der Waals surface area (Å²) in [4.78, 5) is 2.32. The summed E-state index contributed by atoms with van der Waals surface area (Å²) >= 11 is 0. The first kappa shape index (κ1) is 13.4. The summed E-state index contributed by atoms with van der Waals surface area (Å²) < 4.78 is 5.95. The van der Waals surface area contributed by atoms with Gasteiger partial charge in [0.2, 0.25) is 0 Å². The Balaban J connectivity index is 1.86. The van der Waals surface area contributed by atoms with E-state index in [-0.39, 0.29) is 11.5 Å². The number of ether oxygens (including phenoxy) is 1. The molecule has 0 saturated carbocycles. The highest BCUT2D eigenvalue weighted by Gasteiger charge is 2.25. The number of hydrogen-bond acceptors (Lipinski definition) is 3. The average molecular weight is 248 g/mol. The Morgan fingerprint density at radius 2 is 2.11 bits per heavy atom. The van der Waals surface area contributed by atoms with Gasteiger partial charge in [0.05, 0.1) is 0 Å². The first-order valence-electron chi connectivity index (χ1n) is 6.63. The molecule has 3 heteroatoms. The van der Waals surface area contributed by atoms with E-state index >= 15 is 0 Å². The Kier molecular flexibility index (Phi) is 3.93. The molecule has 1 aliphatic rings. The lowest BCUT2D eigenvalue weighted by Gasteiger charge is -2.30. The lowest BCUT2D eigenvalue weighted by molar-refractivity contribution is 0.138. The largest absolute Gasteiger partial charge is 0.488 e. The minimum absolute atomic E-state index is 0.167. The average Bonchev–Trinajstić information content (AvgIpc) is 2.70. The van der Waals surface area contributed by atoms with Crippen LogP contribution in [0.3, 0.4) is 0 Å². The summed E-state index contributed by atoms with van der Waals surface area (Å²) in [6.45, 7) is 7.07. The number of rotatable bonds is 5. The van der Waals surface area contributed by atoms with Gasteiger partial charge >= 0.3 is 0 Å². The molecule has 0 saturated heterocycles. The fourth-order valence-electron chi connectivity index (χ4n) is 2.56. The van der Waals surface area contributed by atoms with Crippen molar-refractivity contribution in [2.24, 2.45) is 11.1 Å². The standard InChI is InChI=1S/C15H24N2O/c1-15(2,10-16)11-17(3)9-13-8-12-6-4-5-7-14(12)18-13/h4-7,13H,8-11,16H2,1-3H3. The second-order valence-corrected chi connectivity index (χ2v) is 6.12. The summed E-state index contributed by atoms with van der Waals surface area (Å²) in [7, 11) is 2.14. The summed E-state index contributed by atoms with van der Waals surface area (Å²) in [5.41, 5.74) is 7.27. The van der Waals surface area contributed by atoms with Crippen molar-refractivity contribution in [3.63, 3.8) is 0 Å². The minimum Gasteiger partial charge on any atom is -0.488 e. The molecule has 0 aromatic heterocycles. The fraction of sp³-hybridized carbons (Fsp3) is 0.600. The van der Waals surface area contributed by atoms with E-state index in [1.807, 2.05) is 6.07 Å². The first-order chi connectivity index (χ1) is 8.50. The number of benzene rings is 1. The molecule has 0 radical (unpaired) electrons. The predicted octanol–water partition coefficient (Wildman–Crippen LogP) is 1.91. The Hall–Kier alpha value is -1.06. The fourth-order valence-corrected chi connectivity index (χ4v) is 2.56. The molecule has 18 heavy (non-hydrogen) atoms. The molecule has 0 amide bonds. The van der Waals surface area contributed by atoms with Gasteiger partial charge < -0.3 is 15.4 Å². The maximum atomic E-state index is 5.95. The SMILES string of the molecule is CN(CC1Cc2ccccc2O1)CC(C)(C)CN. The third-order valence-electron chi connectivity index (χ3n) is 3.48. The van der Waals surface area contributed by atoms with Crippen molar-refractivity contribution in [2.45, 2.75) is 26.4 Å². The molecule has 100 valence electrons. The number of para-hydroxylation sites is 1. The number of likely N-dealkylation sites (N-methyl/N-ethyl adjacent to an activating group) is 1. The van der Waals surface area contributed by atoms with E-state index in [1.54, 1.807) is 0 Å². The van der Waals surface area contributed by atoms with Crippen molar-refractivity contribution in [1.82, 2.24) is 4.90 Å². The van der Waals surface area contributed by atoms with Gasteiger partial charge in [0.25, 0.3) is 0 Å². The highest BCUT2D eigenvalue weighted by atomic mass is 16.5. The second kappa shape index (κ2) is 5.29. The quantitative estimate of drug-likeness (QED) is 0.865. The molecule has 0 fully saturated rings. The molecule has 0 spiro atoms. The number of hydrogen-bond donors (Lipinski definition) is 1. The summed E-state index contributed by atoms with van der Waals surface area (Å²) in [6, 6.07) is 8.31. The van der Waals surface area contributed by atoms with Gasteiger partial charge in [0, 0.05) is 19.5 Å². The second-order valence-electron chi connectivity index (χ2n) is 6.12. The van der Waals surface area contributed by atoms with Crippen molar-refractivity contribution in [3.05, 3.63) is 29.8 Å². The van der Waals surface area contributed by atoms with Crippen LogP contribution in [0, 0.1) is 5.41 Å². The molecule has 1 unspecified atom stereocenters. The van der Waals surface area contributed by atoms with Crippen LogP contribution >= 0.6 is 0 Å². The van der Waals surface area contributed by atoms with E-state index in [1.165, 1.54) is 5.56 Å². The van der Waals surface area contributed by atoms with Crippen molar-refractivity contribution in [1.29, 1.82) is 0 Å². The van der Waals surface area contributed by atoms with Crippen molar-refractivity contribution in [3.8, 4) is 5.75 Å². The van der Waals surface area contributed by atoms with Crippen LogP contribution in [0.5, 0.6) is 5.75 Å². The predicted molar refractivity (Wildman–Crippen MR) is 74.9 cm³/mol. The molecule has 1 aliphatic heterocycles. The van der Waals surface area contributed by atoms with Crippen molar-refractivity contribution >= 4 is 0 Å². The Bertz CT molecular complexity index is 378. The van der Waals surface area contributed by atoms with Crippen LogP contribution in [0.2, 0.25) is 0 Å². The molecule has 3 nitrogen and oxygen atoms in total. The summed E-state index contributed by atoms with van der Waals surface area (Å²) in [6.07, 6.45) is 1.30. The van der Waals surface area contributed by atoms with Gasteiger partial charge in [-0.15, -0.1) is 0 Å². The van der Waals surface area contributed by atoms with Crippen LogP contribution in [0.4, 0.5) is 0 Å². The van der Waals surface area contributed by atoms with E-state index in [0.717, 1.165) is 25.3 Å². The lowest BCUT2D eigenvalue weighted by Crippen LogP contribution is -2.41. The van der Waals surface area contributed by atoms with Gasteiger partial charge in [-0.25, -0.2) is 0 Å². The maximum Gasteiger partial charge on any atom is 0.123 e. The molecule has 2 N–H and O–H groups in total. The van der Waals surface area contributed by atoms with E-state index in [2.05, 4.69) is 44.0 Å². The third-order valence-corrected chi connectivity index (χ3v) is 3.48. The Morgan fingerprint density at radius 1 is 1.39 bits per heavy atom. The first-order valence-corrected chi connectivity index (χ1v) is 6.63. The van der Waals surface area contributed by atoms with Crippen LogP contribution in [-0.2, 0) is 6.42 Å². The topological polar surface area (TPSA) is 38.5 Å². The van der Waals surface area contributed by atoms with E-state index in [4.69, 9.17) is 10.5 Å². The zero-order valence-corrected chi connectivity index (χ0v) is 11.6. The van der Waals surface area contributed by atoms with Gasteiger partial charge in [0.15, 0.2) is 0 Å². The molecule has 2 rings (SSSR count). The van der Waals surface area contributed by atoms with Crippen LogP contribution < -0.4 is 10.5 Å². The van der Waals surface area contributed by atoms with E-state index < -0.39 is 0 Å². The molecule has 1 heterocycles. The summed E-state index contributed by atoms with van der Waals surface area (Å²) in [5, 5.41) is 0. The Morgan fingerprint density at radius 3 is 2.78 bits per heavy atom. The number of nitrogens with zero attached hydrogens (tertiary/aromatic N) is 1. The van der Waals surface area contributed by atoms with Crippen molar-refractivity contribution < 1.29 is 4.74 Å². The molecule has 1 aromatic carbocycles. The molecular formula is C15H24N2O. The number of fused-ring (bicyclic) bond motifs is 1. The molecular weight excluding hydrogens is 224 g/mol. The van der Waals surface area contributed by atoms with E-state index in [9.17, 15) is 0 Å². The maximum absolute atomic E-state index is 5.95. The molecule has 0 bridgehead atoms. The van der Waals surface area contributed by atoms with Gasteiger partial charge in [-0.1, -0.05) is 32.0 Å². The number of nitrogens with two attached hydrogens (primary N) is 1. The third kappa shape index (κ3) is 3.24. The highest BCUT2D eigenvalue weighted by molar-refractivity contribution is 5.37. The van der Waals surface area contributed by atoms with Crippen LogP contribution in [-0.4, -0.2) is 37.7 Å². The zero-order valence-electron chi connectivity index (χ0n) is 11.6. The normalized spacial score (nSPS) is 18.8. The molecule has 1 aromatic rings. The minimum atomic E-state index is 0.167. The highest BCUT2D eigenvalue weighted by Crippen LogP contribution is 2.28. The summed E-state index contributed by atoms with van der Waals surface area (Å²) in [5.74, 6) is 1.05. The van der Waals surface area contributed by atoms with E-state index in [0.29, 0.717) is 6.54 Å². The molecule has 1 atom stereocenters. The van der Waals surface area contributed by atoms with Gasteiger partial charge in [-0.05, 0) is 30.6 Å².